The molecule has 0 heterocycles. The number of fused-ring (bicyclic) bond motifs is 7. The van der Waals surface area contributed by atoms with E-state index in [0.29, 0.717) is 17.8 Å². The van der Waals surface area contributed by atoms with Gasteiger partial charge in [0.1, 0.15) is 6.04 Å². The van der Waals surface area contributed by atoms with E-state index < -0.39 is 23.4 Å². The van der Waals surface area contributed by atoms with Gasteiger partial charge in [0.05, 0.1) is 11.5 Å². The highest BCUT2D eigenvalue weighted by atomic mass is 16.4. The number of rotatable bonds is 7. The van der Waals surface area contributed by atoms with Crippen molar-refractivity contribution in [3.8, 4) is 0 Å². The summed E-state index contributed by atoms with van der Waals surface area (Å²) in [5, 5.41) is 32.8. The van der Waals surface area contributed by atoms with E-state index in [2.05, 4.69) is 53.4 Å². The maximum absolute atomic E-state index is 14.2. The number of hydrogen-bond acceptors (Lipinski definition) is 4. The number of amides is 1. The van der Waals surface area contributed by atoms with E-state index in [1.54, 1.807) is 0 Å². The van der Waals surface area contributed by atoms with Gasteiger partial charge < -0.3 is 20.6 Å². The molecule has 5 aliphatic rings. The Morgan fingerprint density at radius 3 is 2.17 bits per heavy atom. The molecular weight excluding hydrogens is 530 g/mol. The van der Waals surface area contributed by atoms with Crippen molar-refractivity contribution >= 4 is 17.8 Å². The van der Waals surface area contributed by atoms with Crippen molar-refractivity contribution in [1.29, 1.82) is 0 Å². The molecule has 0 aliphatic heterocycles. The van der Waals surface area contributed by atoms with Gasteiger partial charge in [-0.2, -0.15) is 0 Å². The smallest absolute Gasteiger partial charge is 0.326 e. The summed E-state index contributed by atoms with van der Waals surface area (Å²) in [6.45, 7) is 18.6. The van der Waals surface area contributed by atoms with Crippen molar-refractivity contribution in [2.24, 2.45) is 56.7 Å². The van der Waals surface area contributed by atoms with Crippen molar-refractivity contribution in [3.05, 3.63) is 12.2 Å². The van der Waals surface area contributed by atoms with Crippen molar-refractivity contribution in [2.45, 2.75) is 131 Å². The molecule has 0 radical (unpaired) electrons. The second-order valence-electron chi connectivity index (χ2n) is 16.5. The van der Waals surface area contributed by atoms with E-state index in [1.165, 1.54) is 0 Å². The van der Waals surface area contributed by atoms with Gasteiger partial charge in [0, 0.05) is 6.42 Å². The molecule has 5 saturated carbocycles. The Kier molecular flexibility index (Phi) is 7.76. The van der Waals surface area contributed by atoms with Crippen LogP contribution in [-0.2, 0) is 14.4 Å². The Hall–Kier alpha value is -1.89. The summed E-state index contributed by atoms with van der Waals surface area (Å²) in [5.41, 5.74) is 0.723. The van der Waals surface area contributed by atoms with E-state index in [-0.39, 0.29) is 58.3 Å². The zero-order chi connectivity index (χ0) is 31.0. The molecule has 5 rings (SSSR count). The third-order valence-corrected chi connectivity index (χ3v) is 14.7. The number of nitrogens with one attached hydrogen (secondary N) is 1. The van der Waals surface area contributed by atoms with Gasteiger partial charge in [0.2, 0.25) is 5.91 Å². The standard InChI is InChI=1S/C35H55NO6/c1-20(2)21-12-17-35(30(42)36-23(29(40)41)9-11-27(38)39)19-18-33(6)22(28(21)35)8-10-25-32(5)15-14-26(37)31(3,4)24(32)13-16-34(25,33)7/h21-26,28,37H,1,8-19H2,2-7H3,(H,36,42)(H,38,39)(H,40,41)/t21-,22+,23-,24-,25+,26-,28+,32-,33+,34+,35-/m0/s1. The average Bonchev–Trinajstić information content (AvgIpc) is 3.30. The van der Waals surface area contributed by atoms with Crippen molar-refractivity contribution in [1.82, 2.24) is 5.32 Å². The highest BCUT2D eigenvalue weighted by Gasteiger charge is 2.71. The lowest BCUT2D eigenvalue weighted by Crippen LogP contribution is -2.67. The summed E-state index contributed by atoms with van der Waals surface area (Å²) in [6.07, 6.45) is 9.02. The molecule has 42 heavy (non-hydrogen) atoms. The third kappa shape index (κ3) is 4.33. The molecular formula is C35H55NO6. The quantitative estimate of drug-likeness (QED) is 0.255. The number of hydrogen-bond donors (Lipinski definition) is 4. The van der Waals surface area contributed by atoms with Crippen LogP contribution in [0.5, 0.6) is 0 Å². The van der Waals surface area contributed by atoms with E-state index >= 15 is 0 Å². The Morgan fingerprint density at radius 2 is 1.55 bits per heavy atom. The van der Waals surface area contributed by atoms with E-state index in [1.807, 2.05) is 0 Å². The van der Waals surface area contributed by atoms with Crippen LogP contribution < -0.4 is 5.32 Å². The van der Waals surface area contributed by atoms with Gasteiger partial charge in [0.15, 0.2) is 0 Å². The number of aliphatic hydroxyl groups is 1. The van der Waals surface area contributed by atoms with Crippen LogP contribution in [0, 0.1) is 56.7 Å². The van der Waals surface area contributed by atoms with Gasteiger partial charge in [-0.15, -0.1) is 0 Å². The van der Waals surface area contributed by atoms with Crippen LogP contribution in [0.4, 0.5) is 0 Å². The van der Waals surface area contributed by atoms with Crippen LogP contribution >= 0.6 is 0 Å². The molecule has 0 aromatic carbocycles. The maximum Gasteiger partial charge on any atom is 0.326 e. The van der Waals surface area contributed by atoms with E-state index in [9.17, 15) is 24.6 Å². The molecule has 5 fully saturated rings. The lowest BCUT2D eigenvalue weighted by Gasteiger charge is -2.72. The number of carbonyl (C=O) groups excluding carboxylic acids is 1. The van der Waals surface area contributed by atoms with Gasteiger partial charge >= 0.3 is 11.9 Å². The third-order valence-electron chi connectivity index (χ3n) is 14.7. The minimum Gasteiger partial charge on any atom is -0.481 e. The Balaban J connectivity index is 1.49. The molecule has 236 valence electrons. The predicted molar refractivity (Wildman–Crippen MR) is 161 cm³/mol. The molecule has 7 nitrogen and oxygen atoms in total. The van der Waals surface area contributed by atoms with Crippen molar-refractivity contribution < 1.29 is 29.7 Å². The fourth-order valence-electron chi connectivity index (χ4n) is 12.4. The van der Waals surface area contributed by atoms with Crippen LogP contribution in [0.1, 0.15) is 119 Å². The predicted octanol–water partition coefficient (Wildman–Crippen LogP) is 6.44. The first-order valence-corrected chi connectivity index (χ1v) is 16.5. The van der Waals surface area contributed by atoms with Gasteiger partial charge in [-0.1, -0.05) is 46.8 Å². The lowest BCUT2D eigenvalue weighted by atomic mass is 9.32. The van der Waals surface area contributed by atoms with Crippen LogP contribution in [0.2, 0.25) is 0 Å². The number of aliphatic hydroxyl groups excluding tert-OH is 1. The number of carboxylic acid groups (broad SMARTS) is 2. The SMILES string of the molecule is C=C(C)[C@@H]1CC[C@]2(C(=O)N[C@@H](CCC(=O)O)C(=O)O)CC[C@]3(C)[C@H](CC[C@@H]4[C@@]5(C)CC[C@H](O)C(C)(C)[C@@H]5CC[C@]43C)[C@@H]12. The molecule has 0 aromatic rings. The summed E-state index contributed by atoms with van der Waals surface area (Å²) >= 11 is 0. The molecule has 0 aromatic heterocycles. The van der Waals surface area contributed by atoms with Crippen molar-refractivity contribution in [3.63, 3.8) is 0 Å². The van der Waals surface area contributed by atoms with E-state index in [0.717, 1.165) is 69.8 Å². The summed E-state index contributed by atoms with van der Waals surface area (Å²) < 4.78 is 0. The largest absolute Gasteiger partial charge is 0.481 e. The summed E-state index contributed by atoms with van der Waals surface area (Å²) in [4.78, 5) is 37.5. The number of carboxylic acids is 2. The van der Waals surface area contributed by atoms with Crippen molar-refractivity contribution in [2.75, 3.05) is 0 Å². The minimum absolute atomic E-state index is 0.0477. The Labute approximate surface area is 252 Å². The first-order chi connectivity index (χ1) is 19.5. The number of aliphatic carboxylic acids is 2. The molecule has 7 heteroatoms. The van der Waals surface area contributed by atoms with E-state index in [4.69, 9.17) is 5.11 Å². The molecule has 4 N–H and O–H groups in total. The van der Waals surface area contributed by atoms with Gasteiger partial charge in [-0.3, -0.25) is 9.59 Å². The molecule has 11 atom stereocenters. The molecule has 0 saturated heterocycles. The first kappa shape index (κ1) is 31.5. The highest BCUT2D eigenvalue weighted by Crippen LogP contribution is 2.77. The average molecular weight is 586 g/mol. The van der Waals surface area contributed by atoms with Crippen LogP contribution in [-0.4, -0.2) is 45.3 Å². The van der Waals surface area contributed by atoms with Crippen LogP contribution in [0.15, 0.2) is 12.2 Å². The normalized spacial score (nSPS) is 46.3. The highest BCUT2D eigenvalue weighted by molar-refractivity contribution is 5.88. The van der Waals surface area contributed by atoms with Gasteiger partial charge in [-0.05, 0) is 129 Å². The zero-order valence-corrected chi connectivity index (χ0v) is 26.8. The Bertz CT molecular complexity index is 1150. The van der Waals surface area contributed by atoms with Gasteiger partial charge in [0.25, 0.3) is 0 Å². The monoisotopic (exact) mass is 585 g/mol. The fourth-order valence-corrected chi connectivity index (χ4v) is 12.4. The molecule has 0 spiro atoms. The fraction of sp³-hybridized carbons (Fsp3) is 0.857. The number of allylic oxidation sites excluding steroid dienone is 1. The topological polar surface area (TPSA) is 124 Å². The lowest BCUT2D eigenvalue weighted by molar-refractivity contribution is -0.246. The second kappa shape index (κ2) is 10.3. The van der Waals surface area contributed by atoms with Crippen LogP contribution in [0.25, 0.3) is 0 Å². The number of carbonyl (C=O) groups is 3. The van der Waals surface area contributed by atoms with Crippen LogP contribution in [0.3, 0.4) is 0 Å². The maximum atomic E-state index is 14.2. The minimum atomic E-state index is -1.20. The second-order valence-corrected chi connectivity index (χ2v) is 16.5. The first-order valence-electron chi connectivity index (χ1n) is 16.5. The molecule has 0 bridgehead atoms. The molecule has 1 amide bonds. The molecule has 0 unspecified atom stereocenters. The summed E-state index contributed by atoms with van der Waals surface area (Å²) in [5.74, 6) is -0.703. The van der Waals surface area contributed by atoms with Gasteiger partial charge in [-0.25, -0.2) is 4.79 Å². The Morgan fingerprint density at radius 1 is 0.857 bits per heavy atom. The zero-order valence-electron chi connectivity index (χ0n) is 26.8. The summed E-state index contributed by atoms with van der Waals surface area (Å²) in [6, 6.07) is -1.20. The molecule has 5 aliphatic carbocycles. The summed E-state index contributed by atoms with van der Waals surface area (Å²) in [7, 11) is 0.